The second-order valence-electron chi connectivity index (χ2n) is 11.3. The number of carbonyl (C=O) groups is 3. The molecule has 0 bridgehead atoms. The van der Waals surface area contributed by atoms with Gasteiger partial charge < -0.3 is 21.3 Å². The number of rotatable bonds is 14. The van der Waals surface area contributed by atoms with E-state index in [0.717, 1.165) is 54.0 Å². The van der Waals surface area contributed by atoms with Crippen LogP contribution in [0.1, 0.15) is 76.3 Å². The monoisotopic (exact) mass is 584 g/mol. The second kappa shape index (κ2) is 15.9. The van der Waals surface area contributed by atoms with Crippen molar-refractivity contribution in [2.45, 2.75) is 84.2 Å². The number of likely N-dealkylation sites (tertiary alicyclic amines) is 1. The molecule has 2 atom stereocenters. The minimum absolute atomic E-state index is 0.159. The van der Waals surface area contributed by atoms with Crippen LogP contribution in [0.15, 0.2) is 30.4 Å². The number of aromatic nitrogens is 1. The van der Waals surface area contributed by atoms with Gasteiger partial charge in [0.25, 0.3) is 0 Å². The summed E-state index contributed by atoms with van der Waals surface area (Å²) in [6.07, 6.45) is 5.49. The first-order valence-corrected chi connectivity index (χ1v) is 15.8. The van der Waals surface area contributed by atoms with Gasteiger partial charge in [-0.3, -0.25) is 14.5 Å². The van der Waals surface area contributed by atoms with Gasteiger partial charge in [-0.25, -0.2) is 9.78 Å². The molecule has 1 aliphatic rings. The van der Waals surface area contributed by atoms with E-state index >= 15 is 0 Å². The molecule has 0 spiro atoms. The Kier molecular flexibility index (Phi) is 12.6. The Morgan fingerprint density at radius 1 is 1.07 bits per heavy atom. The first kappa shape index (κ1) is 32.5. The first-order chi connectivity index (χ1) is 19.6. The highest BCUT2D eigenvalue weighted by Crippen LogP contribution is 2.27. The molecule has 10 heteroatoms. The van der Waals surface area contributed by atoms with E-state index in [1.54, 1.807) is 11.3 Å². The molecule has 226 valence electrons. The van der Waals surface area contributed by atoms with E-state index in [4.69, 9.17) is 4.98 Å². The van der Waals surface area contributed by atoms with Crippen molar-refractivity contribution in [1.82, 2.24) is 31.2 Å². The average molecular weight is 585 g/mol. The number of nitrogens with zero attached hydrogens (tertiary/aromatic N) is 2. The van der Waals surface area contributed by atoms with Crippen molar-refractivity contribution in [2.24, 2.45) is 5.92 Å². The molecule has 0 unspecified atom stereocenters. The maximum atomic E-state index is 13.6. The molecule has 2 heterocycles. The Labute approximate surface area is 248 Å². The first-order valence-electron chi connectivity index (χ1n) is 15.0. The van der Waals surface area contributed by atoms with Crippen molar-refractivity contribution in [2.75, 3.05) is 33.2 Å². The fourth-order valence-corrected chi connectivity index (χ4v) is 6.37. The molecule has 4 amide bonds. The average Bonchev–Trinajstić information content (AvgIpc) is 3.37. The molecule has 41 heavy (non-hydrogen) atoms. The highest BCUT2D eigenvalue weighted by molar-refractivity contribution is 7.18. The van der Waals surface area contributed by atoms with Crippen LogP contribution in [0.25, 0.3) is 10.2 Å². The maximum Gasteiger partial charge on any atom is 0.315 e. The third kappa shape index (κ3) is 9.53. The van der Waals surface area contributed by atoms with Gasteiger partial charge in [-0.05, 0) is 55.5 Å². The topological polar surface area (TPSA) is 115 Å². The Balaban J connectivity index is 1.70. The number of piperidine rings is 1. The van der Waals surface area contributed by atoms with Crippen LogP contribution in [0.5, 0.6) is 0 Å². The summed E-state index contributed by atoms with van der Waals surface area (Å²) < 4.78 is 1.06. The summed E-state index contributed by atoms with van der Waals surface area (Å²) in [5.41, 5.74) is 2.66. The third-order valence-corrected chi connectivity index (χ3v) is 9.00. The van der Waals surface area contributed by atoms with Crippen molar-refractivity contribution in [3.8, 4) is 0 Å². The van der Waals surface area contributed by atoms with E-state index in [2.05, 4.69) is 72.6 Å². The molecule has 4 N–H and O–H groups in total. The molecule has 1 aromatic carbocycles. The van der Waals surface area contributed by atoms with Gasteiger partial charge in [0.15, 0.2) is 0 Å². The third-order valence-electron chi connectivity index (χ3n) is 7.96. The number of thiazole rings is 1. The number of amides is 4. The van der Waals surface area contributed by atoms with Crippen LogP contribution in [0.2, 0.25) is 0 Å². The fourth-order valence-electron chi connectivity index (χ4n) is 5.31. The molecule has 0 radical (unpaired) electrons. The lowest BCUT2D eigenvalue weighted by molar-refractivity contribution is -0.124. The number of urea groups is 1. The van der Waals surface area contributed by atoms with Crippen molar-refractivity contribution < 1.29 is 14.4 Å². The largest absolute Gasteiger partial charge is 0.350 e. The summed E-state index contributed by atoms with van der Waals surface area (Å²) in [6.45, 7) is 15.3. The molecule has 3 rings (SSSR count). The highest BCUT2D eigenvalue weighted by Gasteiger charge is 2.28. The summed E-state index contributed by atoms with van der Waals surface area (Å²) >= 11 is 1.54. The van der Waals surface area contributed by atoms with Crippen LogP contribution in [-0.2, 0) is 16.0 Å². The van der Waals surface area contributed by atoms with E-state index in [0.29, 0.717) is 24.6 Å². The van der Waals surface area contributed by atoms with E-state index in [-0.39, 0.29) is 30.2 Å². The molecule has 1 fully saturated rings. The summed E-state index contributed by atoms with van der Waals surface area (Å²) in [5.74, 6) is 0.0834. The molecule has 1 aromatic heterocycles. The predicted molar refractivity (Wildman–Crippen MR) is 167 cm³/mol. The van der Waals surface area contributed by atoms with Crippen LogP contribution in [-0.4, -0.2) is 73.0 Å². The van der Waals surface area contributed by atoms with Crippen LogP contribution < -0.4 is 21.3 Å². The summed E-state index contributed by atoms with van der Waals surface area (Å²) in [6, 6.07) is 4.70. The molecule has 1 aliphatic heterocycles. The Hall–Kier alpha value is -2.98. The number of benzene rings is 1. The van der Waals surface area contributed by atoms with Crippen LogP contribution in [0.4, 0.5) is 4.79 Å². The molecular weight excluding hydrogens is 536 g/mol. The van der Waals surface area contributed by atoms with Crippen LogP contribution >= 0.6 is 11.3 Å². The van der Waals surface area contributed by atoms with E-state index in [9.17, 15) is 14.4 Å². The van der Waals surface area contributed by atoms with Crippen molar-refractivity contribution in [3.05, 3.63) is 40.9 Å². The van der Waals surface area contributed by atoms with Gasteiger partial charge in [-0.15, -0.1) is 11.3 Å². The molecular formula is C31H48N6O3S. The zero-order valence-corrected chi connectivity index (χ0v) is 26.2. The number of fused-ring (bicyclic) bond motifs is 1. The lowest BCUT2D eigenvalue weighted by atomic mass is 9.93. The van der Waals surface area contributed by atoms with Gasteiger partial charge in [0, 0.05) is 38.2 Å². The predicted octanol–water partition coefficient (Wildman–Crippen LogP) is 4.34. The number of hydrogen-bond donors (Lipinski definition) is 4. The zero-order valence-electron chi connectivity index (χ0n) is 25.3. The summed E-state index contributed by atoms with van der Waals surface area (Å²) in [7, 11) is 1.52. The van der Waals surface area contributed by atoms with E-state index in [1.165, 1.54) is 19.0 Å². The minimum atomic E-state index is -0.818. The molecule has 0 aliphatic carbocycles. The molecule has 2 aromatic rings. The fraction of sp³-hybridized carbons (Fsp3) is 0.613. The van der Waals surface area contributed by atoms with E-state index in [1.807, 2.05) is 6.07 Å². The van der Waals surface area contributed by atoms with Crippen LogP contribution in [0, 0.1) is 5.92 Å². The van der Waals surface area contributed by atoms with Crippen molar-refractivity contribution in [3.63, 3.8) is 0 Å². The number of nitrogens with one attached hydrogen (secondary N) is 4. The summed E-state index contributed by atoms with van der Waals surface area (Å²) in [4.78, 5) is 45.8. The van der Waals surface area contributed by atoms with Gasteiger partial charge in [-0.1, -0.05) is 59.6 Å². The lowest BCUT2D eigenvalue weighted by Crippen LogP contribution is -2.56. The smallest absolute Gasteiger partial charge is 0.315 e. The highest BCUT2D eigenvalue weighted by atomic mass is 32.1. The van der Waals surface area contributed by atoms with Crippen LogP contribution in [0.3, 0.4) is 0 Å². The van der Waals surface area contributed by atoms with Gasteiger partial charge in [0.2, 0.25) is 11.8 Å². The molecule has 0 saturated carbocycles. The Morgan fingerprint density at radius 3 is 2.41 bits per heavy atom. The number of hydrogen-bond acceptors (Lipinski definition) is 6. The minimum Gasteiger partial charge on any atom is -0.350 e. The van der Waals surface area contributed by atoms with E-state index < -0.39 is 12.1 Å². The van der Waals surface area contributed by atoms with Gasteiger partial charge in [0.1, 0.15) is 6.04 Å². The molecule has 1 saturated heterocycles. The second-order valence-corrected chi connectivity index (χ2v) is 12.4. The maximum absolute atomic E-state index is 13.6. The lowest BCUT2D eigenvalue weighted by Gasteiger charge is -2.29. The normalized spacial score (nSPS) is 15.5. The Bertz CT molecular complexity index is 1190. The SMILES string of the molecule is C=C(CN1CCCCC1)C(=O)NC[C@@H](NC(=O)[C@H](Cc1nc2ccc(C(C)C)cc2s1)NC(=O)NC)C(CC)CC. The van der Waals surface area contributed by atoms with Crippen molar-refractivity contribution >= 4 is 39.4 Å². The van der Waals surface area contributed by atoms with Gasteiger partial charge >= 0.3 is 6.03 Å². The van der Waals surface area contributed by atoms with Gasteiger partial charge in [0.05, 0.1) is 15.2 Å². The van der Waals surface area contributed by atoms with Crippen molar-refractivity contribution in [1.29, 1.82) is 0 Å². The Morgan fingerprint density at radius 2 is 1.78 bits per heavy atom. The quantitative estimate of drug-likeness (QED) is 0.247. The standard InChI is InChI=1S/C31H48N6O3S/c1-7-22(8-2)26(18-33-29(38)21(5)19-37-14-10-9-11-15-37)35-30(39)25(36-31(40)32-6)17-28-34-24-13-12-23(20(3)4)16-27(24)41-28/h12-13,16,20,22,25-26H,5,7-11,14-15,17-19H2,1-4,6H3,(H,33,38)(H,35,39)(H2,32,36,40)/t25-,26+/m0/s1. The zero-order chi connectivity index (χ0) is 29.9. The summed E-state index contributed by atoms with van der Waals surface area (Å²) in [5, 5.41) is 12.3. The molecule has 9 nitrogen and oxygen atoms in total. The van der Waals surface area contributed by atoms with Gasteiger partial charge in [-0.2, -0.15) is 0 Å². The number of carbonyl (C=O) groups excluding carboxylic acids is 3.